The van der Waals surface area contributed by atoms with Crippen molar-refractivity contribution >= 4 is 30.7 Å². The van der Waals surface area contributed by atoms with Crippen LogP contribution in [-0.2, 0) is 32.3 Å². The van der Waals surface area contributed by atoms with E-state index in [9.17, 15) is 14.4 Å². The molecule has 1 atom stereocenters. The Morgan fingerprint density at radius 2 is 1.55 bits per heavy atom. The van der Waals surface area contributed by atoms with Gasteiger partial charge in [0.1, 0.15) is 13.2 Å². The molecule has 0 aromatic heterocycles. The molecule has 0 amide bonds. The van der Waals surface area contributed by atoms with Gasteiger partial charge in [-0.25, -0.2) is 9.59 Å². The molecular formula is C23H23O5P. The zero-order chi connectivity index (χ0) is 21.4. The highest BCUT2D eigenvalue weighted by Crippen LogP contribution is 2.37. The van der Waals surface area contributed by atoms with E-state index in [0.29, 0.717) is 16.7 Å². The molecule has 5 nitrogen and oxygen atoms in total. The summed E-state index contributed by atoms with van der Waals surface area (Å²) in [4.78, 5) is 36.2. The first-order valence-electron chi connectivity index (χ1n) is 8.91. The van der Waals surface area contributed by atoms with Crippen LogP contribution in [0.15, 0.2) is 67.8 Å². The predicted molar refractivity (Wildman–Crippen MR) is 114 cm³/mol. The van der Waals surface area contributed by atoms with Crippen LogP contribution >= 0.6 is 7.92 Å². The standard InChI is InChI=1S/C23H23O5P/c1-5-20(24)27-14-17-12-16(3)22(18(13-17)15-28-21(25)6-2)23(26)29(4)19-10-8-7-9-11-19/h5-13H,1-2,14-15H2,3-4H3. The molecule has 0 bridgehead atoms. The summed E-state index contributed by atoms with van der Waals surface area (Å²) < 4.78 is 10.3. The largest absolute Gasteiger partial charge is 0.458 e. The van der Waals surface area contributed by atoms with E-state index >= 15 is 0 Å². The first-order valence-corrected chi connectivity index (χ1v) is 10.7. The van der Waals surface area contributed by atoms with Crippen LogP contribution < -0.4 is 5.30 Å². The molecule has 0 aliphatic rings. The Labute approximate surface area is 171 Å². The van der Waals surface area contributed by atoms with Gasteiger partial charge < -0.3 is 9.47 Å². The second-order valence-electron chi connectivity index (χ2n) is 6.27. The van der Waals surface area contributed by atoms with Gasteiger partial charge in [-0.05, 0) is 44.0 Å². The van der Waals surface area contributed by atoms with Gasteiger partial charge in [0.25, 0.3) is 0 Å². The Morgan fingerprint density at radius 3 is 2.14 bits per heavy atom. The van der Waals surface area contributed by atoms with E-state index in [1.807, 2.05) is 43.9 Å². The fourth-order valence-electron chi connectivity index (χ4n) is 2.80. The summed E-state index contributed by atoms with van der Waals surface area (Å²) in [5.74, 6) is -1.12. The summed E-state index contributed by atoms with van der Waals surface area (Å²) in [6.45, 7) is 10.4. The van der Waals surface area contributed by atoms with Gasteiger partial charge in [-0.15, -0.1) is 0 Å². The number of aryl methyl sites for hydroxylation is 1. The number of carbonyl (C=O) groups is 3. The number of carbonyl (C=O) groups excluding carboxylic acids is 3. The molecule has 0 spiro atoms. The summed E-state index contributed by atoms with van der Waals surface area (Å²) in [5.41, 5.74) is 2.51. The minimum absolute atomic E-state index is 0.0111. The van der Waals surface area contributed by atoms with Gasteiger partial charge >= 0.3 is 11.9 Å². The second-order valence-corrected chi connectivity index (χ2v) is 8.31. The Balaban J connectivity index is 2.40. The summed E-state index contributed by atoms with van der Waals surface area (Å²) in [6.07, 6.45) is 2.16. The molecule has 0 saturated heterocycles. The van der Waals surface area contributed by atoms with Gasteiger partial charge in [-0.3, -0.25) is 4.79 Å². The van der Waals surface area contributed by atoms with Crippen molar-refractivity contribution in [2.24, 2.45) is 0 Å². The van der Waals surface area contributed by atoms with Crippen molar-refractivity contribution in [2.45, 2.75) is 20.1 Å². The third-order valence-corrected chi connectivity index (χ3v) is 6.13. The highest BCUT2D eigenvalue weighted by atomic mass is 31.1. The first-order chi connectivity index (χ1) is 13.9. The molecule has 2 aromatic carbocycles. The second kappa shape index (κ2) is 10.5. The van der Waals surface area contributed by atoms with E-state index in [0.717, 1.165) is 23.0 Å². The number of hydrogen-bond donors (Lipinski definition) is 0. The summed E-state index contributed by atoms with van der Waals surface area (Å²) in [6, 6.07) is 13.1. The minimum Gasteiger partial charge on any atom is -0.458 e. The van der Waals surface area contributed by atoms with Crippen LogP contribution in [0.1, 0.15) is 27.0 Å². The van der Waals surface area contributed by atoms with Crippen molar-refractivity contribution in [3.8, 4) is 0 Å². The number of ether oxygens (including phenoxy) is 2. The van der Waals surface area contributed by atoms with Gasteiger partial charge in [0.15, 0.2) is 5.52 Å². The average molecular weight is 410 g/mol. The van der Waals surface area contributed by atoms with Gasteiger partial charge in [0.2, 0.25) is 0 Å². The molecule has 1 unspecified atom stereocenters. The number of benzene rings is 2. The van der Waals surface area contributed by atoms with Crippen molar-refractivity contribution in [3.63, 3.8) is 0 Å². The van der Waals surface area contributed by atoms with E-state index in [2.05, 4.69) is 13.2 Å². The van der Waals surface area contributed by atoms with Gasteiger partial charge in [-0.2, -0.15) is 0 Å². The van der Waals surface area contributed by atoms with E-state index in [-0.39, 0.29) is 18.7 Å². The van der Waals surface area contributed by atoms with Crippen LogP contribution in [0.5, 0.6) is 0 Å². The molecule has 0 saturated carbocycles. The molecular weight excluding hydrogens is 387 g/mol. The predicted octanol–water partition coefficient (Wildman–Crippen LogP) is 4.03. The van der Waals surface area contributed by atoms with Crippen LogP contribution in [0.3, 0.4) is 0 Å². The normalized spacial score (nSPS) is 11.2. The van der Waals surface area contributed by atoms with Gasteiger partial charge in [-0.1, -0.05) is 49.6 Å². The van der Waals surface area contributed by atoms with Crippen LogP contribution in [0, 0.1) is 6.92 Å². The zero-order valence-corrected chi connectivity index (χ0v) is 17.4. The monoisotopic (exact) mass is 410 g/mol. The molecule has 0 heterocycles. The number of rotatable bonds is 9. The minimum atomic E-state index is -1.10. The summed E-state index contributed by atoms with van der Waals surface area (Å²) >= 11 is 0. The van der Waals surface area contributed by atoms with E-state index in [1.54, 1.807) is 12.1 Å². The summed E-state index contributed by atoms with van der Waals surface area (Å²) in [5, 5.41) is 0.963. The highest BCUT2D eigenvalue weighted by Gasteiger charge is 2.23. The zero-order valence-electron chi connectivity index (χ0n) is 16.5. The Bertz CT molecular complexity index is 934. The topological polar surface area (TPSA) is 69.7 Å². The van der Waals surface area contributed by atoms with Crippen LogP contribution in [0.2, 0.25) is 0 Å². The number of hydrogen-bond acceptors (Lipinski definition) is 5. The van der Waals surface area contributed by atoms with Crippen molar-refractivity contribution in [1.82, 2.24) is 0 Å². The molecule has 0 fully saturated rings. The lowest BCUT2D eigenvalue weighted by atomic mass is 9.99. The molecule has 0 N–H and O–H groups in total. The fourth-order valence-corrected chi connectivity index (χ4v) is 4.31. The molecule has 2 rings (SSSR count). The summed E-state index contributed by atoms with van der Waals surface area (Å²) in [7, 11) is -1.10. The fraction of sp³-hybridized carbons (Fsp3) is 0.174. The van der Waals surface area contributed by atoms with Gasteiger partial charge in [0.05, 0.1) is 0 Å². The lowest BCUT2D eigenvalue weighted by Gasteiger charge is -2.18. The number of esters is 2. The molecule has 2 aromatic rings. The Kier molecular flexibility index (Phi) is 8.05. The lowest BCUT2D eigenvalue weighted by Crippen LogP contribution is -2.14. The first kappa shape index (κ1) is 22.3. The molecule has 0 aliphatic heterocycles. The average Bonchev–Trinajstić information content (AvgIpc) is 2.75. The Hall–Kier alpha value is -3.04. The third-order valence-electron chi connectivity index (χ3n) is 4.22. The van der Waals surface area contributed by atoms with Crippen molar-refractivity contribution < 1.29 is 23.9 Å². The van der Waals surface area contributed by atoms with Crippen molar-refractivity contribution in [1.29, 1.82) is 0 Å². The quantitative estimate of drug-likeness (QED) is 0.355. The van der Waals surface area contributed by atoms with Crippen LogP contribution in [-0.4, -0.2) is 24.1 Å². The van der Waals surface area contributed by atoms with Crippen LogP contribution in [0.4, 0.5) is 0 Å². The van der Waals surface area contributed by atoms with E-state index < -0.39 is 19.9 Å². The molecule has 0 radical (unpaired) electrons. The van der Waals surface area contributed by atoms with E-state index in [1.165, 1.54) is 0 Å². The maximum atomic E-state index is 13.3. The SMILES string of the molecule is C=CC(=O)OCc1cc(C)c(C(=O)P(C)c2ccccc2)c(COC(=O)C=C)c1. The molecule has 150 valence electrons. The van der Waals surface area contributed by atoms with Crippen LogP contribution in [0.25, 0.3) is 0 Å². The third kappa shape index (κ3) is 5.97. The van der Waals surface area contributed by atoms with Gasteiger partial charge in [0, 0.05) is 23.3 Å². The maximum absolute atomic E-state index is 13.3. The molecule has 29 heavy (non-hydrogen) atoms. The smallest absolute Gasteiger partial charge is 0.330 e. The van der Waals surface area contributed by atoms with Crippen molar-refractivity contribution in [3.05, 3.63) is 90.0 Å². The van der Waals surface area contributed by atoms with E-state index in [4.69, 9.17) is 9.47 Å². The molecule has 6 heteroatoms. The Morgan fingerprint density at radius 1 is 0.966 bits per heavy atom. The highest BCUT2D eigenvalue weighted by molar-refractivity contribution is 7.81. The maximum Gasteiger partial charge on any atom is 0.330 e. The lowest BCUT2D eigenvalue weighted by molar-refractivity contribution is -0.139. The van der Waals surface area contributed by atoms with Crippen molar-refractivity contribution in [2.75, 3.05) is 6.66 Å². The molecule has 0 aliphatic carbocycles.